The number of H-pyrrole nitrogens is 1. The van der Waals surface area contributed by atoms with E-state index in [0.29, 0.717) is 34.5 Å². The van der Waals surface area contributed by atoms with Crippen LogP contribution in [0.5, 0.6) is 11.5 Å². The zero-order valence-electron chi connectivity index (χ0n) is 20.8. The van der Waals surface area contributed by atoms with E-state index in [4.69, 9.17) is 9.47 Å². The number of rotatable bonds is 6. The fraction of sp³-hybridized carbons (Fsp3) is 0.222. The molecule has 0 radical (unpaired) electrons. The first-order valence-electron chi connectivity index (χ1n) is 11.5. The lowest BCUT2D eigenvalue weighted by Gasteiger charge is -2.17. The molecule has 1 aromatic carbocycles. The minimum atomic E-state index is -0.183. The molecule has 0 fully saturated rings. The molecular formula is C27H27N5O4. The molecule has 4 aromatic heterocycles. The van der Waals surface area contributed by atoms with Gasteiger partial charge < -0.3 is 23.6 Å². The summed E-state index contributed by atoms with van der Waals surface area (Å²) in [4.78, 5) is 29.0. The lowest BCUT2D eigenvalue weighted by atomic mass is 10.0. The molecule has 0 aliphatic rings. The number of pyridine rings is 2. The van der Waals surface area contributed by atoms with Gasteiger partial charge >= 0.3 is 0 Å². The number of aromatic amines is 1. The van der Waals surface area contributed by atoms with Crippen molar-refractivity contribution in [1.29, 1.82) is 0 Å². The van der Waals surface area contributed by atoms with E-state index in [1.165, 1.54) is 9.13 Å². The molecule has 1 N–H and O–H groups in total. The van der Waals surface area contributed by atoms with Crippen LogP contribution in [-0.2, 0) is 25.6 Å². The van der Waals surface area contributed by atoms with Gasteiger partial charge in [0.2, 0.25) is 0 Å². The Kier molecular flexibility index (Phi) is 5.85. The van der Waals surface area contributed by atoms with Crippen LogP contribution in [0.25, 0.3) is 33.3 Å². The Morgan fingerprint density at radius 2 is 1.72 bits per heavy atom. The van der Waals surface area contributed by atoms with E-state index in [1.807, 2.05) is 44.3 Å². The first-order chi connectivity index (χ1) is 17.3. The van der Waals surface area contributed by atoms with E-state index < -0.39 is 0 Å². The van der Waals surface area contributed by atoms with Crippen LogP contribution in [0.1, 0.15) is 11.1 Å². The quantitative estimate of drug-likeness (QED) is 0.391. The molecule has 0 atom stereocenters. The van der Waals surface area contributed by atoms with Crippen molar-refractivity contribution in [2.75, 3.05) is 7.11 Å². The average molecular weight is 486 g/mol. The maximum absolute atomic E-state index is 13.0. The molecule has 0 saturated heterocycles. The maximum atomic E-state index is 13.0. The summed E-state index contributed by atoms with van der Waals surface area (Å²) in [7, 11) is 4.98. The second kappa shape index (κ2) is 9.01. The normalized spacial score (nSPS) is 11.4. The third-order valence-electron chi connectivity index (χ3n) is 6.27. The third-order valence-corrected chi connectivity index (χ3v) is 6.27. The summed E-state index contributed by atoms with van der Waals surface area (Å²) in [6.45, 7) is 4.28. The number of hydrogen-bond acceptors (Lipinski definition) is 5. The molecule has 0 saturated carbocycles. The van der Waals surface area contributed by atoms with Crippen molar-refractivity contribution >= 4 is 10.9 Å². The number of nitrogens with one attached hydrogen (secondary N) is 1. The summed E-state index contributed by atoms with van der Waals surface area (Å²) < 4.78 is 16.2. The van der Waals surface area contributed by atoms with Crippen LogP contribution in [0.2, 0.25) is 0 Å². The summed E-state index contributed by atoms with van der Waals surface area (Å²) in [5, 5.41) is 4.98. The third kappa shape index (κ3) is 4.03. The van der Waals surface area contributed by atoms with Gasteiger partial charge in [-0.2, -0.15) is 5.10 Å². The fourth-order valence-electron chi connectivity index (χ4n) is 4.38. The topological polar surface area (TPSA) is 96.1 Å². The monoisotopic (exact) mass is 485 g/mol. The zero-order valence-corrected chi connectivity index (χ0v) is 20.8. The van der Waals surface area contributed by atoms with E-state index in [9.17, 15) is 9.59 Å². The van der Waals surface area contributed by atoms with Crippen LogP contribution in [0, 0.1) is 13.8 Å². The van der Waals surface area contributed by atoms with E-state index >= 15 is 0 Å². The minimum absolute atomic E-state index is 0.176. The molecule has 9 heteroatoms. The number of fused-ring (bicyclic) bond motifs is 1. The van der Waals surface area contributed by atoms with Gasteiger partial charge in [-0.15, -0.1) is 0 Å². The fourth-order valence-corrected chi connectivity index (χ4v) is 4.38. The van der Waals surface area contributed by atoms with E-state index in [2.05, 4.69) is 10.1 Å². The van der Waals surface area contributed by atoms with Crippen molar-refractivity contribution in [2.45, 2.75) is 20.6 Å². The van der Waals surface area contributed by atoms with Gasteiger partial charge in [0.1, 0.15) is 18.0 Å². The molecule has 9 nitrogen and oxygen atoms in total. The van der Waals surface area contributed by atoms with Gasteiger partial charge in [-0.3, -0.25) is 9.59 Å². The van der Waals surface area contributed by atoms with Crippen molar-refractivity contribution in [3.8, 4) is 33.9 Å². The number of methoxy groups -OCH3 is 1. The summed E-state index contributed by atoms with van der Waals surface area (Å²) >= 11 is 0. The standard InChI is InChI=1S/C27H27N5O4/c1-16-7-6-8-17(2)26(16)36-23-14-30(3)24(33)10-19(23)21-13-31(4)27(34)25-20(21)9-22(29-25)18-11-28-32(12-18)15-35-5/h6-14,29H,15H2,1-5H3. The molecule has 0 unspecified atom stereocenters. The van der Waals surface area contributed by atoms with Gasteiger partial charge in [0.05, 0.1) is 12.4 Å². The SMILES string of the molecule is COCn1cc(-c2cc3c(-c4cc(=O)n(C)cc4Oc4c(C)cccc4C)cn(C)c(=O)c3[nH]2)cn1. The first-order valence-corrected chi connectivity index (χ1v) is 11.5. The van der Waals surface area contributed by atoms with Gasteiger partial charge in [-0.25, -0.2) is 4.68 Å². The van der Waals surface area contributed by atoms with E-state index in [1.54, 1.807) is 50.5 Å². The number of aromatic nitrogens is 5. The van der Waals surface area contributed by atoms with Crippen LogP contribution in [0.3, 0.4) is 0 Å². The number of benzene rings is 1. The number of aryl methyl sites for hydroxylation is 4. The second-order valence-electron chi connectivity index (χ2n) is 8.94. The Morgan fingerprint density at radius 1 is 0.972 bits per heavy atom. The minimum Gasteiger partial charge on any atom is -0.455 e. The number of para-hydroxylation sites is 1. The van der Waals surface area contributed by atoms with Crippen LogP contribution < -0.4 is 15.9 Å². The van der Waals surface area contributed by atoms with Crippen molar-refractivity contribution in [3.05, 3.63) is 87.0 Å². The highest BCUT2D eigenvalue weighted by molar-refractivity contribution is 5.98. The predicted molar refractivity (Wildman–Crippen MR) is 138 cm³/mol. The highest BCUT2D eigenvalue weighted by atomic mass is 16.5. The van der Waals surface area contributed by atoms with Gasteiger partial charge in [-0.1, -0.05) is 18.2 Å². The van der Waals surface area contributed by atoms with Crippen molar-refractivity contribution in [3.63, 3.8) is 0 Å². The number of nitrogens with zero attached hydrogens (tertiary/aromatic N) is 4. The molecule has 0 aliphatic heterocycles. The summed E-state index contributed by atoms with van der Waals surface area (Å²) in [6, 6.07) is 9.39. The number of hydrogen-bond donors (Lipinski definition) is 1. The van der Waals surface area contributed by atoms with Crippen LogP contribution in [0.4, 0.5) is 0 Å². The van der Waals surface area contributed by atoms with Gasteiger partial charge in [0.25, 0.3) is 11.1 Å². The summed E-state index contributed by atoms with van der Waals surface area (Å²) in [5.41, 5.74) is 4.89. The lowest BCUT2D eigenvalue weighted by molar-refractivity contribution is 0.120. The molecule has 4 heterocycles. The van der Waals surface area contributed by atoms with Gasteiger partial charge in [0.15, 0.2) is 5.75 Å². The maximum Gasteiger partial charge on any atom is 0.274 e. The van der Waals surface area contributed by atoms with Crippen molar-refractivity contribution in [1.82, 2.24) is 23.9 Å². The molecule has 36 heavy (non-hydrogen) atoms. The molecule has 5 rings (SSSR count). The van der Waals surface area contributed by atoms with Crippen molar-refractivity contribution in [2.24, 2.45) is 14.1 Å². The average Bonchev–Trinajstić information content (AvgIpc) is 3.49. The number of ether oxygens (including phenoxy) is 2. The molecular weight excluding hydrogens is 458 g/mol. The Labute approximate surface area is 207 Å². The summed E-state index contributed by atoms with van der Waals surface area (Å²) in [6.07, 6.45) is 6.97. The van der Waals surface area contributed by atoms with E-state index in [0.717, 1.165) is 28.1 Å². The van der Waals surface area contributed by atoms with E-state index in [-0.39, 0.29) is 11.1 Å². The van der Waals surface area contributed by atoms with Crippen LogP contribution >= 0.6 is 0 Å². The lowest BCUT2D eigenvalue weighted by Crippen LogP contribution is -2.18. The Hall–Kier alpha value is -4.37. The largest absolute Gasteiger partial charge is 0.455 e. The molecule has 0 amide bonds. The molecule has 0 bridgehead atoms. The first kappa shape index (κ1) is 23.4. The zero-order chi connectivity index (χ0) is 25.6. The highest BCUT2D eigenvalue weighted by Gasteiger charge is 2.19. The highest BCUT2D eigenvalue weighted by Crippen LogP contribution is 2.38. The van der Waals surface area contributed by atoms with Gasteiger partial charge in [0, 0.05) is 67.4 Å². The molecule has 184 valence electrons. The Bertz CT molecular complexity index is 1700. The van der Waals surface area contributed by atoms with Crippen LogP contribution in [0.15, 0.2) is 64.7 Å². The molecule has 5 aromatic rings. The van der Waals surface area contributed by atoms with Crippen LogP contribution in [-0.4, -0.2) is 31.0 Å². The van der Waals surface area contributed by atoms with Gasteiger partial charge in [-0.05, 0) is 31.0 Å². The van der Waals surface area contributed by atoms with Crippen molar-refractivity contribution < 1.29 is 9.47 Å². The predicted octanol–water partition coefficient (Wildman–Crippen LogP) is 4.11. The smallest absolute Gasteiger partial charge is 0.274 e. The molecule has 0 spiro atoms. The molecule has 0 aliphatic carbocycles. The summed E-state index contributed by atoms with van der Waals surface area (Å²) in [5.74, 6) is 1.25. The Balaban J connectivity index is 1.73. The Morgan fingerprint density at radius 3 is 2.44 bits per heavy atom. The second-order valence-corrected chi connectivity index (χ2v) is 8.94.